The van der Waals surface area contributed by atoms with E-state index in [4.69, 9.17) is 16.9 Å². The number of hydrogen-bond acceptors (Lipinski definition) is 2. The number of fused-ring (bicyclic) bond motifs is 1. The van der Waals surface area contributed by atoms with E-state index in [1.807, 2.05) is 6.92 Å². The minimum absolute atomic E-state index is 0.362. The van der Waals surface area contributed by atoms with Gasteiger partial charge >= 0.3 is 0 Å². The van der Waals surface area contributed by atoms with Gasteiger partial charge in [-0.15, -0.1) is 0 Å². The second-order valence-electron chi connectivity index (χ2n) is 3.29. The first-order chi connectivity index (χ1) is 6.24. The Labute approximate surface area is 82.2 Å². The van der Waals surface area contributed by atoms with Crippen LogP contribution >= 0.6 is 11.6 Å². The molecule has 1 aliphatic rings. The Balaban J connectivity index is 2.71. The fraction of sp³-hybridized carbons (Fsp3) is 0.400. The summed E-state index contributed by atoms with van der Waals surface area (Å²) in [6, 6.07) is 2.10. The lowest BCUT2D eigenvalue weighted by atomic mass is 10.0. The third kappa shape index (κ3) is 1.20. The number of pyridine rings is 1. The topological polar surface area (TPSA) is 36.7 Å². The Kier molecular flexibility index (Phi) is 1.97. The Bertz CT molecular complexity index is 404. The van der Waals surface area contributed by atoms with Crippen molar-refractivity contribution < 1.29 is 0 Å². The zero-order valence-corrected chi connectivity index (χ0v) is 8.15. The average Bonchev–Trinajstić information content (AvgIpc) is 2.53. The molecular weight excluding hydrogens is 184 g/mol. The molecule has 0 fully saturated rings. The van der Waals surface area contributed by atoms with Crippen LogP contribution in [-0.4, -0.2) is 4.98 Å². The predicted molar refractivity (Wildman–Crippen MR) is 50.7 cm³/mol. The number of aryl methyl sites for hydroxylation is 1. The average molecular weight is 193 g/mol. The molecule has 0 saturated heterocycles. The number of nitrogens with zero attached hydrogens (tertiary/aromatic N) is 2. The minimum atomic E-state index is 0.362. The molecule has 0 saturated carbocycles. The van der Waals surface area contributed by atoms with Crippen LogP contribution in [0.15, 0.2) is 0 Å². The van der Waals surface area contributed by atoms with Crippen LogP contribution in [0.1, 0.15) is 28.8 Å². The van der Waals surface area contributed by atoms with Crippen molar-refractivity contribution in [1.29, 1.82) is 5.26 Å². The SMILES string of the molecule is Cc1c(C#N)c(Cl)nc2c1CCC2. The summed E-state index contributed by atoms with van der Waals surface area (Å²) in [5.41, 5.74) is 3.89. The number of aromatic nitrogens is 1. The molecule has 1 aromatic heterocycles. The molecule has 1 aromatic rings. The van der Waals surface area contributed by atoms with E-state index < -0.39 is 0 Å². The van der Waals surface area contributed by atoms with Crippen LogP contribution in [0.5, 0.6) is 0 Å². The van der Waals surface area contributed by atoms with Crippen molar-refractivity contribution in [3.63, 3.8) is 0 Å². The number of hydrogen-bond donors (Lipinski definition) is 0. The van der Waals surface area contributed by atoms with Crippen molar-refractivity contribution >= 4 is 11.6 Å². The van der Waals surface area contributed by atoms with Crippen LogP contribution in [0.3, 0.4) is 0 Å². The summed E-state index contributed by atoms with van der Waals surface area (Å²) in [6.45, 7) is 1.95. The highest BCUT2D eigenvalue weighted by Gasteiger charge is 2.19. The molecular formula is C10H9ClN2. The van der Waals surface area contributed by atoms with Gasteiger partial charge in [0.15, 0.2) is 0 Å². The molecule has 0 amide bonds. The van der Waals surface area contributed by atoms with Crippen LogP contribution in [0.2, 0.25) is 5.15 Å². The van der Waals surface area contributed by atoms with Gasteiger partial charge in [-0.05, 0) is 37.3 Å². The minimum Gasteiger partial charge on any atom is -0.239 e. The van der Waals surface area contributed by atoms with Crippen LogP contribution in [-0.2, 0) is 12.8 Å². The van der Waals surface area contributed by atoms with Crippen LogP contribution in [0, 0.1) is 18.3 Å². The molecule has 3 heteroatoms. The molecule has 2 rings (SSSR count). The van der Waals surface area contributed by atoms with Crippen molar-refractivity contribution in [2.75, 3.05) is 0 Å². The first kappa shape index (κ1) is 8.52. The maximum Gasteiger partial charge on any atom is 0.147 e. The molecule has 0 unspecified atom stereocenters. The van der Waals surface area contributed by atoms with Gasteiger partial charge in [0.2, 0.25) is 0 Å². The van der Waals surface area contributed by atoms with E-state index >= 15 is 0 Å². The Morgan fingerprint density at radius 3 is 2.92 bits per heavy atom. The van der Waals surface area contributed by atoms with Crippen molar-refractivity contribution in [2.45, 2.75) is 26.2 Å². The molecule has 0 aliphatic heterocycles. The third-order valence-corrected chi connectivity index (χ3v) is 2.84. The zero-order valence-electron chi connectivity index (χ0n) is 7.39. The van der Waals surface area contributed by atoms with E-state index in [2.05, 4.69) is 11.1 Å². The highest BCUT2D eigenvalue weighted by atomic mass is 35.5. The fourth-order valence-corrected chi connectivity index (χ4v) is 2.15. The number of rotatable bonds is 0. The highest BCUT2D eigenvalue weighted by molar-refractivity contribution is 6.30. The second kappa shape index (κ2) is 3.01. The van der Waals surface area contributed by atoms with E-state index in [1.54, 1.807) is 0 Å². The predicted octanol–water partition coefficient (Wildman–Crippen LogP) is 2.40. The standard InChI is InChI=1S/C10H9ClN2/c1-6-7-3-2-4-9(7)13-10(11)8(6)5-12/h2-4H2,1H3. The summed E-state index contributed by atoms with van der Waals surface area (Å²) in [4.78, 5) is 4.23. The van der Waals surface area contributed by atoms with Gasteiger partial charge in [-0.1, -0.05) is 11.6 Å². The highest BCUT2D eigenvalue weighted by Crippen LogP contribution is 2.28. The van der Waals surface area contributed by atoms with Gasteiger partial charge in [-0.2, -0.15) is 5.26 Å². The van der Waals surface area contributed by atoms with Crippen LogP contribution < -0.4 is 0 Å². The Hall–Kier alpha value is -1.07. The second-order valence-corrected chi connectivity index (χ2v) is 3.65. The first-order valence-electron chi connectivity index (χ1n) is 4.32. The number of halogens is 1. The molecule has 1 heterocycles. The molecule has 0 bridgehead atoms. The molecule has 1 aliphatic carbocycles. The zero-order chi connectivity index (χ0) is 9.42. The number of nitriles is 1. The fourth-order valence-electron chi connectivity index (χ4n) is 1.87. The third-order valence-electron chi connectivity index (χ3n) is 2.57. The first-order valence-corrected chi connectivity index (χ1v) is 4.69. The Morgan fingerprint density at radius 2 is 2.23 bits per heavy atom. The van der Waals surface area contributed by atoms with E-state index in [9.17, 15) is 0 Å². The van der Waals surface area contributed by atoms with Crippen molar-refractivity contribution in [2.24, 2.45) is 0 Å². The van der Waals surface area contributed by atoms with Gasteiger partial charge in [0.05, 0.1) is 5.56 Å². The van der Waals surface area contributed by atoms with Crippen LogP contribution in [0.25, 0.3) is 0 Å². The molecule has 0 spiro atoms. The van der Waals surface area contributed by atoms with Gasteiger partial charge in [-0.25, -0.2) is 4.98 Å². The molecule has 0 radical (unpaired) electrons. The monoisotopic (exact) mass is 192 g/mol. The molecule has 0 aromatic carbocycles. The van der Waals surface area contributed by atoms with Gasteiger partial charge in [0.25, 0.3) is 0 Å². The molecule has 0 atom stereocenters. The van der Waals surface area contributed by atoms with E-state index in [0.29, 0.717) is 10.7 Å². The lowest BCUT2D eigenvalue weighted by Gasteiger charge is -2.06. The quantitative estimate of drug-likeness (QED) is 0.592. The van der Waals surface area contributed by atoms with Gasteiger partial charge in [-0.3, -0.25) is 0 Å². The van der Waals surface area contributed by atoms with E-state index in [-0.39, 0.29) is 0 Å². The van der Waals surface area contributed by atoms with Gasteiger partial charge in [0.1, 0.15) is 11.2 Å². The maximum absolute atomic E-state index is 8.86. The molecule has 2 nitrogen and oxygen atoms in total. The largest absolute Gasteiger partial charge is 0.239 e. The van der Waals surface area contributed by atoms with Crippen molar-refractivity contribution in [3.8, 4) is 6.07 Å². The molecule has 0 N–H and O–H groups in total. The summed E-state index contributed by atoms with van der Waals surface area (Å²) >= 11 is 5.88. The van der Waals surface area contributed by atoms with Gasteiger partial charge < -0.3 is 0 Å². The van der Waals surface area contributed by atoms with E-state index in [1.165, 1.54) is 5.56 Å². The summed E-state index contributed by atoms with van der Waals surface area (Å²) in [7, 11) is 0. The Morgan fingerprint density at radius 1 is 1.46 bits per heavy atom. The van der Waals surface area contributed by atoms with Crippen molar-refractivity contribution in [1.82, 2.24) is 4.98 Å². The lowest BCUT2D eigenvalue weighted by molar-refractivity contribution is 0.898. The van der Waals surface area contributed by atoms with Gasteiger partial charge in [0, 0.05) is 5.69 Å². The molecule has 13 heavy (non-hydrogen) atoms. The van der Waals surface area contributed by atoms with E-state index in [0.717, 1.165) is 30.5 Å². The normalized spacial score (nSPS) is 13.9. The summed E-state index contributed by atoms with van der Waals surface area (Å²) in [5, 5.41) is 9.22. The summed E-state index contributed by atoms with van der Waals surface area (Å²) < 4.78 is 0. The maximum atomic E-state index is 8.86. The lowest BCUT2D eigenvalue weighted by Crippen LogP contribution is -1.97. The summed E-state index contributed by atoms with van der Waals surface area (Å²) in [6.07, 6.45) is 3.18. The smallest absolute Gasteiger partial charge is 0.147 e. The van der Waals surface area contributed by atoms with Crippen molar-refractivity contribution in [3.05, 3.63) is 27.5 Å². The summed E-state index contributed by atoms with van der Waals surface area (Å²) in [5.74, 6) is 0. The molecule has 66 valence electrons. The van der Waals surface area contributed by atoms with Crippen LogP contribution in [0.4, 0.5) is 0 Å².